The van der Waals surface area contributed by atoms with Crippen molar-refractivity contribution >= 4 is 11.8 Å². The Morgan fingerprint density at radius 3 is 2.41 bits per heavy atom. The monoisotopic (exact) mass is 396 g/mol. The van der Waals surface area contributed by atoms with E-state index in [9.17, 15) is 14.0 Å². The summed E-state index contributed by atoms with van der Waals surface area (Å²) in [5, 5.41) is 2.97. The van der Waals surface area contributed by atoms with Gasteiger partial charge in [0.15, 0.2) is 11.6 Å². The third-order valence-corrected chi connectivity index (χ3v) is 5.20. The van der Waals surface area contributed by atoms with Gasteiger partial charge in [0.1, 0.15) is 0 Å². The molecule has 0 bridgehead atoms. The molecule has 2 aromatic rings. The zero-order valence-corrected chi connectivity index (χ0v) is 16.3. The summed E-state index contributed by atoms with van der Waals surface area (Å²) in [6.45, 7) is 0.650. The van der Waals surface area contributed by atoms with E-state index in [-0.39, 0.29) is 36.6 Å². The first-order valence-corrected chi connectivity index (χ1v) is 10.2. The topological polar surface area (TPSA) is 58.6 Å². The van der Waals surface area contributed by atoms with Gasteiger partial charge in [-0.1, -0.05) is 24.3 Å². The first-order valence-electron chi connectivity index (χ1n) is 10.2. The summed E-state index contributed by atoms with van der Waals surface area (Å²) in [5.41, 5.74) is 1.63. The van der Waals surface area contributed by atoms with Crippen LogP contribution in [-0.2, 0) is 11.3 Å². The molecule has 2 fully saturated rings. The summed E-state index contributed by atoms with van der Waals surface area (Å²) in [4.78, 5) is 26.7. The van der Waals surface area contributed by atoms with E-state index in [1.807, 2.05) is 29.2 Å². The number of amides is 2. The number of para-hydroxylation sites is 1. The SMILES string of the molecule is O=C(NC1CC1)c1ccc(CN(C(=O)CCOc2ccccc2F)C2CC2)cc1. The first kappa shape index (κ1) is 19.4. The lowest BCUT2D eigenvalue weighted by molar-refractivity contribution is -0.133. The van der Waals surface area contributed by atoms with Gasteiger partial charge in [0.05, 0.1) is 13.0 Å². The number of hydrogen-bond acceptors (Lipinski definition) is 3. The Labute approximate surface area is 169 Å². The van der Waals surface area contributed by atoms with Crippen molar-refractivity contribution in [3.8, 4) is 5.75 Å². The second kappa shape index (κ2) is 8.64. The van der Waals surface area contributed by atoms with Crippen LogP contribution in [0.25, 0.3) is 0 Å². The van der Waals surface area contributed by atoms with E-state index >= 15 is 0 Å². The fourth-order valence-electron chi connectivity index (χ4n) is 3.22. The molecule has 152 valence electrons. The lowest BCUT2D eigenvalue weighted by Crippen LogP contribution is -2.33. The van der Waals surface area contributed by atoms with Crippen LogP contribution in [-0.4, -0.2) is 35.4 Å². The molecule has 0 radical (unpaired) electrons. The maximum Gasteiger partial charge on any atom is 0.251 e. The van der Waals surface area contributed by atoms with E-state index < -0.39 is 5.82 Å². The summed E-state index contributed by atoms with van der Waals surface area (Å²) >= 11 is 0. The first-order chi connectivity index (χ1) is 14.1. The zero-order valence-electron chi connectivity index (χ0n) is 16.3. The maximum atomic E-state index is 13.6. The van der Waals surface area contributed by atoms with Crippen LogP contribution in [0, 0.1) is 5.82 Å². The highest BCUT2D eigenvalue weighted by Crippen LogP contribution is 2.29. The number of benzene rings is 2. The number of hydrogen-bond donors (Lipinski definition) is 1. The van der Waals surface area contributed by atoms with E-state index in [0.29, 0.717) is 18.2 Å². The molecule has 0 aromatic heterocycles. The van der Waals surface area contributed by atoms with Crippen LogP contribution in [0.1, 0.15) is 48.0 Å². The predicted molar refractivity (Wildman–Crippen MR) is 107 cm³/mol. The number of halogens is 1. The molecule has 2 saturated carbocycles. The number of ether oxygens (including phenoxy) is 1. The highest BCUT2D eigenvalue weighted by molar-refractivity contribution is 5.94. The van der Waals surface area contributed by atoms with E-state index in [4.69, 9.17) is 4.74 Å². The van der Waals surface area contributed by atoms with Crippen LogP contribution in [0.5, 0.6) is 5.75 Å². The summed E-state index contributed by atoms with van der Waals surface area (Å²) < 4.78 is 19.0. The van der Waals surface area contributed by atoms with Crippen molar-refractivity contribution in [2.75, 3.05) is 6.61 Å². The van der Waals surface area contributed by atoms with Gasteiger partial charge >= 0.3 is 0 Å². The Kier molecular flexibility index (Phi) is 5.79. The molecular weight excluding hydrogens is 371 g/mol. The van der Waals surface area contributed by atoms with Crippen LogP contribution in [0.3, 0.4) is 0 Å². The highest BCUT2D eigenvalue weighted by Gasteiger charge is 2.32. The molecule has 0 spiro atoms. The number of rotatable bonds is 9. The van der Waals surface area contributed by atoms with Gasteiger partial charge in [-0.2, -0.15) is 0 Å². The molecule has 0 unspecified atom stereocenters. The lowest BCUT2D eigenvalue weighted by atomic mass is 10.1. The Morgan fingerprint density at radius 2 is 1.76 bits per heavy atom. The molecule has 5 nitrogen and oxygen atoms in total. The molecular formula is C23H25FN2O3. The third-order valence-electron chi connectivity index (χ3n) is 5.20. The molecule has 2 aliphatic rings. The minimum absolute atomic E-state index is 0.000563. The van der Waals surface area contributed by atoms with Crippen LogP contribution in [0.2, 0.25) is 0 Å². The summed E-state index contributed by atoms with van der Waals surface area (Å²) in [6.07, 6.45) is 4.32. The van der Waals surface area contributed by atoms with Gasteiger partial charge in [-0.05, 0) is 55.5 Å². The van der Waals surface area contributed by atoms with E-state index in [1.54, 1.807) is 18.2 Å². The van der Waals surface area contributed by atoms with Gasteiger partial charge in [-0.15, -0.1) is 0 Å². The van der Waals surface area contributed by atoms with Crippen LogP contribution in [0.15, 0.2) is 48.5 Å². The largest absolute Gasteiger partial charge is 0.490 e. The molecule has 2 aliphatic carbocycles. The second-order valence-corrected chi connectivity index (χ2v) is 7.73. The molecule has 1 N–H and O–H groups in total. The molecule has 2 amide bonds. The van der Waals surface area contributed by atoms with Gasteiger partial charge in [-0.25, -0.2) is 4.39 Å². The quantitative estimate of drug-likeness (QED) is 0.704. The molecule has 6 heteroatoms. The average Bonchev–Trinajstić information content (AvgIpc) is 3.63. The van der Waals surface area contributed by atoms with Crippen molar-refractivity contribution in [3.05, 3.63) is 65.5 Å². The number of carbonyl (C=O) groups is 2. The Bertz CT molecular complexity index is 876. The maximum absolute atomic E-state index is 13.6. The van der Waals surface area contributed by atoms with Gasteiger partial charge in [0.2, 0.25) is 5.91 Å². The Morgan fingerprint density at radius 1 is 1.03 bits per heavy atom. The van der Waals surface area contributed by atoms with Gasteiger partial charge < -0.3 is 15.0 Å². The molecule has 0 aliphatic heterocycles. The van der Waals surface area contributed by atoms with Crippen molar-refractivity contribution in [1.82, 2.24) is 10.2 Å². The Hall–Kier alpha value is -2.89. The van der Waals surface area contributed by atoms with Gasteiger partial charge in [-0.3, -0.25) is 9.59 Å². The van der Waals surface area contributed by atoms with Crippen molar-refractivity contribution in [3.63, 3.8) is 0 Å². The van der Waals surface area contributed by atoms with Gasteiger partial charge in [0.25, 0.3) is 5.91 Å². The fraction of sp³-hybridized carbons (Fsp3) is 0.391. The highest BCUT2D eigenvalue weighted by atomic mass is 19.1. The third kappa shape index (κ3) is 5.34. The summed E-state index contributed by atoms with van der Waals surface area (Å²) in [7, 11) is 0. The molecule has 2 aromatic carbocycles. The number of nitrogens with one attached hydrogen (secondary N) is 1. The van der Waals surface area contributed by atoms with Crippen molar-refractivity contribution in [2.45, 2.75) is 50.7 Å². The molecule has 0 saturated heterocycles. The molecule has 4 rings (SSSR count). The number of nitrogens with zero attached hydrogens (tertiary/aromatic N) is 1. The minimum atomic E-state index is -0.426. The second-order valence-electron chi connectivity index (χ2n) is 7.73. The normalized spacial score (nSPS) is 15.6. The summed E-state index contributed by atoms with van der Waals surface area (Å²) in [5.74, 6) is -0.304. The minimum Gasteiger partial charge on any atom is -0.490 e. The molecule has 0 atom stereocenters. The zero-order chi connectivity index (χ0) is 20.2. The van der Waals surface area contributed by atoms with E-state index in [0.717, 1.165) is 31.2 Å². The van der Waals surface area contributed by atoms with Crippen LogP contribution >= 0.6 is 0 Å². The van der Waals surface area contributed by atoms with Crippen LogP contribution in [0.4, 0.5) is 4.39 Å². The molecule has 29 heavy (non-hydrogen) atoms. The Balaban J connectivity index is 1.31. The van der Waals surface area contributed by atoms with E-state index in [1.165, 1.54) is 6.07 Å². The number of carbonyl (C=O) groups excluding carboxylic acids is 2. The fourth-order valence-corrected chi connectivity index (χ4v) is 3.22. The predicted octanol–water partition coefficient (Wildman–Crippen LogP) is 3.68. The van der Waals surface area contributed by atoms with Gasteiger partial charge in [0, 0.05) is 24.2 Å². The van der Waals surface area contributed by atoms with Crippen molar-refractivity contribution in [2.24, 2.45) is 0 Å². The smallest absolute Gasteiger partial charge is 0.251 e. The van der Waals surface area contributed by atoms with Crippen molar-refractivity contribution in [1.29, 1.82) is 0 Å². The standard InChI is InChI=1S/C23H25FN2O3/c24-20-3-1-2-4-21(20)29-14-13-22(27)26(19-11-12-19)15-16-5-7-17(8-6-16)23(28)25-18-9-10-18/h1-8,18-19H,9-15H2,(H,25,28). The summed E-state index contributed by atoms with van der Waals surface area (Å²) in [6, 6.07) is 14.2. The van der Waals surface area contributed by atoms with Crippen LogP contribution < -0.4 is 10.1 Å². The van der Waals surface area contributed by atoms with E-state index in [2.05, 4.69) is 5.32 Å². The average molecular weight is 396 g/mol. The molecule has 0 heterocycles. The van der Waals surface area contributed by atoms with Crippen molar-refractivity contribution < 1.29 is 18.7 Å². The lowest BCUT2D eigenvalue weighted by Gasteiger charge is -2.23.